The van der Waals surface area contributed by atoms with Crippen LogP contribution in [-0.4, -0.2) is 73.9 Å². The van der Waals surface area contributed by atoms with E-state index in [1.165, 1.54) is 0 Å². The Morgan fingerprint density at radius 2 is 0.384 bits per heavy atom. The summed E-state index contributed by atoms with van der Waals surface area (Å²) in [7, 11) is 0. The first-order valence-corrected chi connectivity index (χ1v) is 36.6. The molecule has 0 aliphatic heterocycles. The van der Waals surface area contributed by atoms with E-state index in [2.05, 4.69) is 105 Å². The number of hydrogen-bond acceptors (Lipinski definition) is 14. The minimum absolute atomic E-state index is 0.341. The minimum Gasteiger partial charge on any atom is -0.308 e. The average Bonchev–Trinajstić information content (AvgIpc) is 1.56. The van der Waals surface area contributed by atoms with E-state index < -0.39 is 0 Å². The first-order valence-electron chi connectivity index (χ1n) is 36.6. The van der Waals surface area contributed by atoms with Crippen LogP contribution in [0, 0.1) is 11.3 Å². The summed E-state index contributed by atoms with van der Waals surface area (Å²) in [5.41, 5.74) is 15.7. The highest BCUT2D eigenvalue weighted by atomic mass is 15.1. The second-order valence-corrected chi connectivity index (χ2v) is 27.0. The van der Waals surface area contributed by atoms with Crippen molar-refractivity contribution in [1.82, 2.24) is 73.9 Å². The van der Waals surface area contributed by atoms with Gasteiger partial charge in [-0.25, -0.2) is 59.8 Å². The smallest absolute Gasteiger partial charge is 0.164 e. The van der Waals surface area contributed by atoms with Gasteiger partial charge in [-0.3, -0.25) is 4.98 Å². The lowest BCUT2D eigenvalue weighted by Gasteiger charge is -2.19. The fourth-order valence-corrected chi connectivity index (χ4v) is 14.7. The number of fused-ring (bicyclic) bond motifs is 6. The first kappa shape index (κ1) is 65.6. The molecular weight excluding hydrogens is 1380 g/mol. The van der Waals surface area contributed by atoms with Crippen molar-refractivity contribution in [2.24, 2.45) is 0 Å². The number of nitrogens with zero attached hydrogens (tertiary/aromatic N) is 16. The van der Waals surface area contributed by atoms with Crippen molar-refractivity contribution in [3.05, 3.63) is 358 Å². The van der Waals surface area contributed by atoms with Gasteiger partial charge < -0.3 is 9.13 Å². The van der Waals surface area contributed by atoms with Crippen LogP contribution in [0.1, 0.15) is 5.56 Å². The van der Waals surface area contributed by atoms with Crippen LogP contribution in [0.3, 0.4) is 0 Å². The molecule has 0 saturated heterocycles. The highest BCUT2D eigenvalue weighted by Crippen LogP contribution is 2.44. The molecule has 0 radical (unpaired) electrons. The maximum absolute atomic E-state index is 12.8. The van der Waals surface area contributed by atoms with Gasteiger partial charge in [0, 0.05) is 101 Å². The monoisotopic (exact) mass is 1430 g/mol. The fourth-order valence-electron chi connectivity index (χ4n) is 14.7. The summed E-state index contributed by atoms with van der Waals surface area (Å²) in [5, 5.41) is 16.4. The lowest BCUT2D eigenvalue weighted by molar-refractivity contribution is 1.07. The molecule has 522 valence electrons. The largest absolute Gasteiger partial charge is 0.308 e. The van der Waals surface area contributed by atoms with Gasteiger partial charge in [0.2, 0.25) is 0 Å². The normalized spacial score (nSPS) is 11.4. The number of pyridine rings is 1. The first-order chi connectivity index (χ1) is 55.4. The zero-order valence-corrected chi connectivity index (χ0v) is 59.6. The molecular formula is C96H58N16. The summed E-state index contributed by atoms with van der Waals surface area (Å²) < 4.78 is 4.40. The summed E-state index contributed by atoms with van der Waals surface area (Å²) in [6.45, 7) is 0. The van der Waals surface area contributed by atoms with Crippen molar-refractivity contribution < 1.29 is 0 Å². The lowest BCUT2D eigenvalue weighted by atomic mass is 10.0. The van der Waals surface area contributed by atoms with Crippen LogP contribution in [0.2, 0.25) is 0 Å². The molecule has 20 aromatic rings. The molecule has 0 N–H and O–H groups in total. The molecule has 112 heavy (non-hydrogen) atoms. The van der Waals surface area contributed by atoms with Gasteiger partial charge in [0.1, 0.15) is 11.6 Å². The predicted octanol–water partition coefficient (Wildman–Crippen LogP) is 21.6. The Morgan fingerprint density at radius 3 is 0.580 bits per heavy atom. The van der Waals surface area contributed by atoms with E-state index in [0.29, 0.717) is 109 Å². The van der Waals surface area contributed by atoms with E-state index in [1.807, 2.05) is 255 Å². The van der Waals surface area contributed by atoms with Gasteiger partial charge in [-0.2, -0.15) is 5.26 Å². The topological polar surface area (TPSA) is 201 Å². The third-order valence-corrected chi connectivity index (χ3v) is 20.1. The van der Waals surface area contributed by atoms with Crippen LogP contribution in [0.5, 0.6) is 0 Å². The van der Waals surface area contributed by atoms with Gasteiger partial charge in [0.25, 0.3) is 0 Å². The standard InChI is InChI=1S/C96H58N16/c97-59-78-83(111-79-53-69(93-103-85(61-25-9-1-10-26-61)99-86(104-93)62-27-11-2-12-28-62)41-45-74(79)75-46-42-70(54-80(75)111)94-105-87(63-29-13-3-14-30-63)100-88(106-94)64-31-15-4-16-32-64)57-73(60-49-51-98-52-50-60)58-84(78)112-81-55-71(95-107-89(65-33-17-5-18-34-65)101-90(108-95)66-35-19-6-20-36-66)43-47-76(81)77-48-44-72(56-82(77)112)96-109-91(67-37-21-7-22-38-67)102-92(110-96)68-39-23-8-24-40-68/h1-58H. The maximum Gasteiger partial charge on any atom is 0.164 e. The average molecular weight is 1440 g/mol. The van der Waals surface area contributed by atoms with Crippen LogP contribution in [-0.2, 0) is 0 Å². The molecule has 0 atom stereocenters. The molecule has 0 unspecified atom stereocenters. The second kappa shape index (κ2) is 28.1. The number of hydrogen-bond donors (Lipinski definition) is 0. The van der Waals surface area contributed by atoms with Crippen LogP contribution in [0.4, 0.5) is 0 Å². The van der Waals surface area contributed by atoms with E-state index in [1.54, 1.807) is 12.4 Å². The molecule has 20 rings (SSSR count). The Bertz CT molecular complexity index is 6040. The Hall–Kier alpha value is -15.9. The Morgan fingerprint density at radius 1 is 0.188 bits per heavy atom. The van der Waals surface area contributed by atoms with Crippen molar-refractivity contribution in [2.75, 3.05) is 0 Å². The van der Waals surface area contributed by atoms with E-state index in [4.69, 9.17) is 59.8 Å². The van der Waals surface area contributed by atoms with E-state index in [-0.39, 0.29) is 0 Å². The molecule has 13 aromatic carbocycles. The molecule has 7 heterocycles. The van der Waals surface area contributed by atoms with E-state index in [9.17, 15) is 5.26 Å². The lowest BCUT2D eigenvalue weighted by Crippen LogP contribution is -2.06. The van der Waals surface area contributed by atoms with Gasteiger partial charge in [-0.15, -0.1) is 0 Å². The van der Waals surface area contributed by atoms with Crippen molar-refractivity contribution in [1.29, 1.82) is 5.26 Å². The Labute approximate surface area is 641 Å². The van der Waals surface area contributed by atoms with Gasteiger partial charge >= 0.3 is 0 Å². The Balaban J connectivity index is 0.887. The molecule has 0 fully saturated rings. The highest BCUT2D eigenvalue weighted by molar-refractivity contribution is 6.13. The predicted molar refractivity (Wildman–Crippen MR) is 442 cm³/mol. The molecule has 16 heteroatoms. The summed E-state index contributed by atoms with van der Waals surface area (Å²) in [4.78, 5) is 67.1. The maximum atomic E-state index is 12.8. The molecule has 0 spiro atoms. The quantitative estimate of drug-likeness (QED) is 0.0938. The summed E-state index contributed by atoms with van der Waals surface area (Å²) in [6, 6.07) is 116. The van der Waals surface area contributed by atoms with Crippen LogP contribution < -0.4 is 0 Å². The van der Waals surface area contributed by atoms with Crippen molar-refractivity contribution in [3.63, 3.8) is 0 Å². The van der Waals surface area contributed by atoms with Gasteiger partial charge in [-0.05, 0) is 59.7 Å². The number of benzene rings is 13. The summed E-state index contributed by atoms with van der Waals surface area (Å²) >= 11 is 0. The SMILES string of the molecule is N#Cc1c(-n2c3cc(-c4nc(-c5ccccc5)nc(-c5ccccc5)n4)ccc3c3ccc(-c4nc(-c5ccccc5)nc(-c5ccccc5)n4)cc32)cc(-c2ccncc2)cc1-n1c2cc(-c3nc(-c4ccccc4)nc(-c4ccccc4)n3)ccc2c2ccc(-c3nc(-c4ccccc4)nc(-c4ccccc4)n3)cc21. The summed E-state index contributed by atoms with van der Waals surface area (Å²) in [5.74, 6) is 5.96. The van der Waals surface area contributed by atoms with Crippen molar-refractivity contribution in [2.45, 2.75) is 0 Å². The molecule has 0 aliphatic rings. The van der Waals surface area contributed by atoms with Crippen LogP contribution in [0.25, 0.3) is 203 Å². The molecule has 0 amide bonds. The number of nitriles is 1. The zero-order valence-electron chi connectivity index (χ0n) is 59.6. The van der Waals surface area contributed by atoms with E-state index >= 15 is 0 Å². The third-order valence-electron chi connectivity index (χ3n) is 20.1. The molecule has 0 aliphatic carbocycles. The fraction of sp³-hybridized carbons (Fsp3) is 0. The van der Waals surface area contributed by atoms with Gasteiger partial charge in [-0.1, -0.05) is 291 Å². The molecule has 0 bridgehead atoms. The number of aromatic nitrogens is 15. The minimum atomic E-state index is 0.341. The van der Waals surface area contributed by atoms with E-state index in [0.717, 1.165) is 99.2 Å². The van der Waals surface area contributed by atoms with Crippen molar-refractivity contribution >= 4 is 43.6 Å². The molecule has 16 nitrogen and oxygen atoms in total. The second-order valence-electron chi connectivity index (χ2n) is 27.0. The summed E-state index contributed by atoms with van der Waals surface area (Å²) in [6.07, 6.45) is 3.58. The number of rotatable bonds is 15. The Kier molecular flexibility index (Phi) is 16.5. The van der Waals surface area contributed by atoms with Crippen LogP contribution in [0.15, 0.2) is 352 Å². The molecule has 0 saturated carbocycles. The van der Waals surface area contributed by atoms with Gasteiger partial charge in [0.15, 0.2) is 69.9 Å². The van der Waals surface area contributed by atoms with Crippen molar-refractivity contribution in [3.8, 4) is 165 Å². The highest BCUT2D eigenvalue weighted by Gasteiger charge is 2.27. The van der Waals surface area contributed by atoms with Gasteiger partial charge in [0.05, 0.1) is 33.4 Å². The zero-order chi connectivity index (χ0) is 74.4. The third kappa shape index (κ3) is 12.3. The van der Waals surface area contributed by atoms with Crippen LogP contribution >= 0.6 is 0 Å². The molecule has 7 aromatic heterocycles.